The molecule has 1 fully saturated rings. The molecule has 3 nitrogen and oxygen atoms in total. The Morgan fingerprint density at radius 2 is 2.09 bits per heavy atom. The number of benzene rings is 1. The molecule has 0 bridgehead atoms. The van der Waals surface area contributed by atoms with E-state index in [2.05, 4.69) is 10.6 Å². The van der Waals surface area contributed by atoms with Gasteiger partial charge in [-0.05, 0) is 11.6 Å². The zero-order valence-electron chi connectivity index (χ0n) is 12.3. The van der Waals surface area contributed by atoms with Gasteiger partial charge in [0.2, 0.25) is 11.0 Å². The molecule has 0 saturated carbocycles. The summed E-state index contributed by atoms with van der Waals surface area (Å²) in [6.45, 7) is 0.130. The van der Waals surface area contributed by atoms with Gasteiger partial charge in [-0.3, -0.25) is 4.79 Å². The molecular formula is C17H17ClF2N2O. The molecule has 2 unspecified atom stereocenters. The van der Waals surface area contributed by atoms with Gasteiger partial charge in [-0.25, -0.2) is 8.78 Å². The Kier molecular flexibility index (Phi) is 4.50. The normalized spacial score (nSPS) is 33.3. The van der Waals surface area contributed by atoms with Crippen molar-refractivity contribution in [1.82, 2.24) is 10.6 Å². The van der Waals surface area contributed by atoms with Crippen LogP contribution in [0.15, 0.2) is 54.3 Å². The van der Waals surface area contributed by atoms with Crippen molar-refractivity contribution in [2.24, 2.45) is 0 Å². The number of rotatable bonds is 3. The average Bonchev–Trinajstić information content (AvgIpc) is 2.96. The third-order valence-electron chi connectivity index (χ3n) is 4.13. The molecule has 2 N–H and O–H groups in total. The van der Waals surface area contributed by atoms with Crippen LogP contribution in [0.1, 0.15) is 17.9 Å². The fourth-order valence-electron chi connectivity index (χ4n) is 2.88. The molecule has 3 rings (SSSR count). The van der Waals surface area contributed by atoms with Gasteiger partial charge in [0, 0.05) is 13.0 Å². The first-order chi connectivity index (χ1) is 11.0. The number of amides is 1. The predicted molar refractivity (Wildman–Crippen MR) is 85.5 cm³/mol. The van der Waals surface area contributed by atoms with Crippen LogP contribution < -0.4 is 10.6 Å². The van der Waals surface area contributed by atoms with E-state index in [0.29, 0.717) is 5.56 Å². The number of allylic oxidation sites excluding steroid dienone is 4. The van der Waals surface area contributed by atoms with Gasteiger partial charge in [-0.1, -0.05) is 54.1 Å². The van der Waals surface area contributed by atoms with E-state index in [1.54, 1.807) is 36.4 Å². The smallest absolute Gasteiger partial charge is 0.241 e. The molecule has 6 heteroatoms. The Balaban J connectivity index is 1.76. The van der Waals surface area contributed by atoms with Gasteiger partial charge in [0.15, 0.2) is 0 Å². The standard InChI is InChI=1S/C17H17ClF2N2O/c18-17(20)13(11-5-2-1-3-6-11)7-4-8-15(17)22-16(23)14-9-12(19)10-21-14/h1-8,12-14,21H,9-10H2,(H,22,23)/t12-,13?,14+,17?/m1/s1. The number of carbonyl (C=O) groups is 1. The van der Waals surface area contributed by atoms with Crippen LogP contribution >= 0.6 is 11.6 Å². The van der Waals surface area contributed by atoms with Crippen molar-refractivity contribution in [3.05, 3.63) is 59.8 Å². The highest BCUT2D eigenvalue weighted by Gasteiger charge is 2.43. The highest BCUT2D eigenvalue weighted by atomic mass is 35.5. The number of alkyl halides is 3. The van der Waals surface area contributed by atoms with Crippen molar-refractivity contribution < 1.29 is 13.6 Å². The van der Waals surface area contributed by atoms with Crippen LogP contribution in [-0.2, 0) is 4.79 Å². The minimum atomic E-state index is -2.26. The number of hydrogen-bond donors (Lipinski definition) is 2. The molecule has 0 radical (unpaired) electrons. The van der Waals surface area contributed by atoms with Crippen LogP contribution in [0.25, 0.3) is 0 Å². The zero-order valence-corrected chi connectivity index (χ0v) is 13.1. The molecule has 4 atom stereocenters. The van der Waals surface area contributed by atoms with E-state index in [1.165, 1.54) is 6.08 Å². The molecule has 2 aliphatic rings. The topological polar surface area (TPSA) is 41.1 Å². The summed E-state index contributed by atoms with van der Waals surface area (Å²) >= 11 is 6.12. The molecule has 1 aromatic carbocycles. The molecule has 1 aliphatic carbocycles. The van der Waals surface area contributed by atoms with Crippen molar-refractivity contribution >= 4 is 17.5 Å². The molecule has 1 heterocycles. The molecule has 1 amide bonds. The molecular weight excluding hydrogens is 322 g/mol. The largest absolute Gasteiger partial charge is 0.324 e. The fourth-order valence-corrected chi connectivity index (χ4v) is 3.19. The first kappa shape index (κ1) is 16.1. The second-order valence-corrected chi connectivity index (χ2v) is 6.31. The molecule has 0 aromatic heterocycles. The molecule has 1 aliphatic heterocycles. The molecule has 23 heavy (non-hydrogen) atoms. The third-order valence-corrected chi connectivity index (χ3v) is 4.57. The number of halogens is 3. The summed E-state index contributed by atoms with van der Waals surface area (Å²) in [6.07, 6.45) is 3.77. The maximum Gasteiger partial charge on any atom is 0.241 e. The lowest BCUT2D eigenvalue weighted by Gasteiger charge is -2.31. The zero-order chi connectivity index (χ0) is 16.4. The average molecular weight is 339 g/mol. The summed E-state index contributed by atoms with van der Waals surface area (Å²) < 4.78 is 28.3. The van der Waals surface area contributed by atoms with Crippen molar-refractivity contribution in [1.29, 1.82) is 0 Å². The van der Waals surface area contributed by atoms with E-state index in [9.17, 15) is 9.18 Å². The van der Waals surface area contributed by atoms with Crippen LogP contribution in [0.5, 0.6) is 0 Å². The summed E-state index contributed by atoms with van der Waals surface area (Å²) in [4.78, 5) is 12.2. The van der Waals surface area contributed by atoms with E-state index < -0.39 is 29.2 Å². The molecule has 1 aromatic rings. The second-order valence-electron chi connectivity index (χ2n) is 5.76. The Hall–Kier alpha value is -1.72. The quantitative estimate of drug-likeness (QED) is 0.832. The van der Waals surface area contributed by atoms with Gasteiger partial charge < -0.3 is 10.6 Å². The van der Waals surface area contributed by atoms with Gasteiger partial charge in [0.1, 0.15) is 6.17 Å². The van der Waals surface area contributed by atoms with Crippen molar-refractivity contribution in [2.45, 2.75) is 29.7 Å². The number of nitrogens with one attached hydrogen (secondary N) is 2. The van der Waals surface area contributed by atoms with Crippen LogP contribution in [-0.4, -0.2) is 29.8 Å². The summed E-state index contributed by atoms with van der Waals surface area (Å²) in [5.74, 6) is -1.18. The van der Waals surface area contributed by atoms with Gasteiger partial charge in [0.05, 0.1) is 17.7 Å². The lowest BCUT2D eigenvalue weighted by Crippen LogP contribution is -2.45. The van der Waals surface area contributed by atoms with Gasteiger partial charge in [0.25, 0.3) is 0 Å². The fraction of sp³-hybridized carbons (Fsp3) is 0.353. The number of carbonyl (C=O) groups excluding carboxylic acids is 1. The first-order valence-electron chi connectivity index (χ1n) is 7.48. The second kappa shape index (κ2) is 6.42. The SMILES string of the molecule is O=C(NC1=CC=CC(c2ccccc2)C1(F)Cl)[C@@H]1C[C@@H](F)CN1. The highest BCUT2D eigenvalue weighted by Crippen LogP contribution is 2.43. The van der Waals surface area contributed by atoms with E-state index in [4.69, 9.17) is 11.6 Å². The monoisotopic (exact) mass is 338 g/mol. The molecule has 1 saturated heterocycles. The van der Waals surface area contributed by atoms with Crippen LogP contribution in [0, 0.1) is 0 Å². The van der Waals surface area contributed by atoms with E-state index in [0.717, 1.165) is 0 Å². The van der Waals surface area contributed by atoms with Gasteiger partial charge in [-0.15, -0.1) is 0 Å². The van der Waals surface area contributed by atoms with Gasteiger partial charge in [-0.2, -0.15) is 0 Å². The summed E-state index contributed by atoms with van der Waals surface area (Å²) in [5, 5.41) is 3.01. The summed E-state index contributed by atoms with van der Waals surface area (Å²) in [7, 11) is 0. The maximum absolute atomic E-state index is 15.1. The van der Waals surface area contributed by atoms with Crippen molar-refractivity contribution in [3.63, 3.8) is 0 Å². The Bertz CT molecular complexity index is 645. The van der Waals surface area contributed by atoms with Crippen LogP contribution in [0.2, 0.25) is 0 Å². The first-order valence-corrected chi connectivity index (χ1v) is 7.86. The predicted octanol–water partition coefficient (Wildman–Crippen LogP) is 2.94. The Morgan fingerprint density at radius 3 is 2.74 bits per heavy atom. The summed E-state index contributed by atoms with van der Waals surface area (Å²) in [6, 6.07) is 8.33. The van der Waals surface area contributed by atoms with E-state index in [-0.39, 0.29) is 18.7 Å². The van der Waals surface area contributed by atoms with Crippen molar-refractivity contribution in [3.8, 4) is 0 Å². The lowest BCUT2D eigenvalue weighted by molar-refractivity contribution is -0.122. The minimum Gasteiger partial charge on any atom is -0.324 e. The van der Waals surface area contributed by atoms with Crippen LogP contribution in [0.4, 0.5) is 8.78 Å². The lowest BCUT2D eigenvalue weighted by atomic mass is 9.88. The Morgan fingerprint density at radius 1 is 1.35 bits per heavy atom. The molecule has 0 spiro atoms. The number of hydrogen-bond acceptors (Lipinski definition) is 2. The molecule has 122 valence electrons. The van der Waals surface area contributed by atoms with E-state index in [1.807, 2.05) is 6.07 Å². The maximum atomic E-state index is 15.1. The third kappa shape index (κ3) is 3.31. The highest BCUT2D eigenvalue weighted by molar-refractivity contribution is 6.25. The minimum absolute atomic E-state index is 0.0235. The van der Waals surface area contributed by atoms with Gasteiger partial charge >= 0.3 is 0 Å². The Labute approximate surface area is 138 Å². The van der Waals surface area contributed by atoms with Crippen molar-refractivity contribution in [2.75, 3.05) is 6.54 Å². The van der Waals surface area contributed by atoms with Crippen LogP contribution in [0.3, 0.4) is 0 Å². The van der Waals surface area contributed by atoms with E-state index >= 15 is 4.39 Å². The summed E-state index contributed by atoms with van der Waals surface area (Å²) in [5.41, 5.74) is 0.688.